The van der Waals surface area contributed by atoms with Crippen molar-refractivity contribution < 1.29 is 9.59 Å². The molecule has 0 unspecified atom stereocenters. The first kappa shape index (κ1) is 25.5. The molecule has 1 saturated carbocycles. The largest absolute Gasteiger partial charge is 0.370 e. The molecule has 1 aliphatic rings. The van der Waals surface area contributed by atoms with Gasteiger partial charge in [-0.1, -0.05) is 38.8 Å². The Morgan fingerprint density at radius 3 is 2.37 bits per heavy atom. The van der Waals surface area contributed by atoms with E-state index in [0.29, 0.717) is 6.04 Å². The minimum atomic E-state index is -0.603. The molecule has 6 nitrogen and oxygen atoms in total. The first-order valence-corrected chi connectivity index (χ1v) is 9.05. The van der Waals surface area contributed by atoms with Crippen LogP contribution in [0.2, 0.25) is 0 Å². The van der Waals surface area contributed by atoms with Crippen LogP contribution < -0.4 is 21.3 Å². The van der Waals surface area contributed by atoms with E-state index < -0.39 is 6.04 Å². The van der Waals surface area contributed by atoms with Crippen molar-refractivity contribution in [1.29, 1.82) is 0 Å². The number of carbonyl (C=O) groups excluding carboxylic acids is 2. The number of amides is 2. The molecule has 1 atom stereocenters. The van der Waals surface area contributed by atoms with Crippen LogP contribution in [-0.2, 0) is 9.59 Å². The number of nitrogens with zero attached hydrogens (tertiary/aromatic N) is 1. The molecule has 0 spiro atoms. The molecule has 0 aliphatic heterocycles. The van der Waals surface area contributed by atoms with E-state index in [-0.39, 0.29) is 49.1 Å². The maximum Gasteiger partial charge on any atom is 0.243 e. The summed E-state index contributed by atoms with van der Waals surface area (Å²) in [7, 11) is 2.07. The van der Waals surface area contributed by atoms with Gasteiger partial charge in [0.1, 0.15) is 0 Å². The molecule has 2 rings (SSSR count). The monoisotopic (exact) mass is 418 g/mol. The molecule has 1 aromatic rings. The van der Waals surface area contributed by atoms with E-state index in [9.17, 15) is 9.59 Å². The normalized spacial score (nSPS) is 14.7. The second-order valence-electron chi connectivity index (χ2n) is 7.10. The number of nitrogens with two attached hydrogens (primary N) is 1. The number of hydrogen-bond donors (Lipinski definition) is 3. The number of nitrogens with one attached hydrogen (secondary N) is 2. The predicted octanol–water partition coefficient (Wildman–Crippen LogP) is 2.95. The topological polar surface area (TPSA) is 87.5 Å². The lowest BCUT2D eigenvalue weighted by atomic mass is 10.1. The fourth-order valence-corrected chi connectivity index (χ4v) is 3.16. The molecule has 4 N–H and O–H groups in total. The summed E-state index contributed by atoms with van der Waals surface area (Å²) >= 11 is 0. The summed E-state index contributed by atoms with van der Waals surface area (Å²) in [5.74, 6) is -0.526. The summed E-state index contributed by atoms with van der Waals surface area (Å²) in [5.41, 5.74) is 7.56. The number of anilines is 2. The van der Waals surface area contributed by atoms with Gasteiger partial charge in [-0.3, -0.25) is 9.59 Å². The highest BCUT2D eigenvalue weighted by molar-refractivity contribution is 5.97. The Morgan fingerprint density at radius 1 is 1.19 bits per heavy atom. The van der Waals surface area contributed by atoms with Gasteiger partial charge in [0, 0.05) is 13.1 Å². The molecule has 154 valence electrons. The third-order valence-electron chi connectivity index (χ3n) is 4.87. The third-order valence-corrected chi connectivity index (χ3v) is 4.87. The lowest BCUT2D eigenvalue weighted by Gasteiger charge is -2.28. The van der Waals surface area contributed by atoms with Crippen LogP contribution >= 0.6 is 24.8 Å². The second-order valence-corrected chi connectivity index (χ2v) is 7.10. The summed E-state index contributed by atoms with van der Waals surface area (Å²) in [6.45, 7) is 3.67. The summed E-state index contributed by atoms with van der Waals surface area (Å²) in [6, 6.07) is 7.69. The standard InChI is InChI=1S/C19H30N4O2.2ClH/c1-13(2)18(20)19(25)21-12-17(24)22-15-10-6-7-11-16(15)23(3)14-8-4-5-9-14;;/h6-7,10-11,13-14,18H,4-5,8-9,12,20H2,1-3H3,(H,21,25)(H,22,24);2*1H/t18-;;/m0../s1. The van der Waals surface area contributed by atoms with E-state index in [1.165, 1.54) is 25.7 Å². The van der Waals surface area contributed by atoms with E-state index in [4.69, 9.17) is 5.73 Å². The number of carbonyl (C=O) groups is 2. The van der Waals surface area contributed by atoms with Crippen LogP contribution in [0.5, 0.6) is 0 Å². The van der Waals surface area contributed by atoms with Gasteiger partial charge in [-0.2, -0.15) is 0 Å². The molecule has 0 radical (unpaired) electrons. The molecule has 2 amide bonds. The molecule has 1 aliphatic carbocycles. The fraction of sp³-hybridized carbons (Fsp3) is 0.579. The lowest BCUT2D eigenvalue weighted by Crippen LogP contribution is -2.46. The van der Waals surface area contributed by atoms with Crippen molar-refractivity contribution in [2.45, 2.75) is 51.6 Å². The van der Waals surface area contributed by atoms with Gasteiger partial charge in [-0.05, 0) is 30.9 Å². The summed E-state index contributed by atoms with van der Waals surface area (Å²) in [5, 5.41) is 5.50. The molecule has 0 saturated heterocycles. The van der Waals surface area contributed by atoms with Crippen molar-refractivity contribution in [3.63, 3.8) is 0 Å². The van der Waals surface area contributed by atoms with Gasteiger partial charge in [0.05, 0.1) is 24.0 Å². The van der Waals surface area contributed by atoms with Crippen LogP contribution in [0.3, 0.4) is 0 Å². The van der Waals surface area contributed by atoms with Crippen molar-refractivity contribution in [2.24, 2.45) is 11.7 Å². The van der Waals surface area contributed by atoms with Gasteiger partial charge in [-0.25, -0.2) is 0 Å². The second kappa shape index (κ2) is 12.1. The Balaban J connectivity index is 0.00000338. The summed E-state index contributed by atoms with van der Waals surface area (Å²) < 4.78 is 0. The Morgan fingerprint density at radius 2 is 1.78 bits per heavy atom. The third kappa shape index (κ3) is 7.20. The minimum Gasteiger partial charge on any atom is -0.370 e. The maximum atomic E-state index is 12.2. The van der Waals surface area contributed by atoms with Crippen LogP contribution in [0.1, 0.15) is 39.5 Å². The zero-order chi connectivity index (χ0) is 18.4. The Labute approximate surface area is 174 Å². The Hall–Kier alpha value is -1.50. The number of hydrogen-bond acceptors (Lipinski definition) is 4. The zero-order valence-corrected chi connectivity index (χ0v) is 17.9. The number of halogens is 2. The highest BCUT2D eigenvalue weighted by atomic mass is 35.5. The zero-order valence-electron chi connectivity index (χ0n) is 16.2. The van der Waals surface area contributed by atoms with Crippen LogP contribution in [0.15, 0.2) is 24.3 Å². The fourth-order valence-electron chi connectivity index (χ4n) is 3.16. The average molecular weight is 419 g/mol. The maximum absolute atomic E-state index is 12.2. The molecule has 0 aromatic heterocycles. The van der Waals surface area contributed by atoms with Crippen molar-refractivity contribution in [1.82, 2.24) is 5.32 Å². The molecule has 8 heteroatoms. The van der Waals surface area contributed by atoms with Crippen LogP contribution in [0.4, 0.5) is 11.4 Å². The first-order valence-electron chi connectivity index (χ1n) is 9.05. The summed E-state index contributed by atoms with van der Waals surface area (Å²) in [6.07, 6.45) is 4.88. The Kier molecular flexibility index (Phi) is 11.4. The predicted molar refractivity (Wildman–Crippen MR) is 116 cm³/mol. The molecule has 0 bridgehead atoms. The van der Waals surface area contributed by atoms with Crippen LogP contribution in [0, 0.1) is 5.92 Å². The SMILES string of the molecule is CC(C)[C@H](N)C(=O)NCC(=O)Nc1ccccc1N(C)C1CCCC1.Cl.Cl. The van der Waals surface area contributed by atoms with E-state index in [2.05, 4.69) is 22.6 Å². The summed E-state index contributed by atoms with van der Waals surface area (Å²) in [4.78, 5) is 26.3. The first-order chi connectivity index (χ1) is 11.9. The van der Waals surface area contributed by atoms with Gasteiger partial charge in [0.15, 0.2) is 0 Å². The smallest absolute Gasteiger partial charge is 0.243 e. The number of rotatable bonds is 7. The van der Waals surface area contributed by atoms with Crippen molar-refractivity contribution >= 4 is 48.0 Å². The molecular formula is C19H32Cl2N4O2. The number of benzene rings is 1. The van der Waals surface area contributed by atoms with Gasteiger partial charge in [-0.15, -0.1) is 24.8 Å². The van der Waals surface area contributed by atoms with E-state index in [0.717, 1.165) is 11.4 Å². The molecule has 27 heavy (non-hydrogen) atoms. The van der Waals surface area contributed by atoms with E-state index in [1.807, 2.05) is 38.1 Å². The van der Waals surface area contributed by atoms with Crippen molar-refractivity contribution in [3.8, 4) is 0 Å². The molecular weight excluding hydrogens is 387 g/mol. The van der Waals surface area contributed by atoms with E-state index >= 15 is 0 Å². The van der Waals surface area contributed by atoms with Gasteiger partial charge < -0.3 is 21.3 Å². The highest BCUT2D eigenvalue weighted by Crippen LogP contribution is 2.31. The van der Waals surface area contributed by atoms with Crippen molar-refractivity contribution in [2.75, 3.05) is 23.8 Å². The minimum absolute atomic E-state index is 0. The van der Waals surface area contributed by atoms with Crippen LogP contribution in [-0.4, -0.2) is 37.5 Å². The van der Waals surface area contributed by atoms with Gasteiger partial charge in [0.25, 0.3) is 0 Å². The average Bonchev–Trinajstić information content (AvgIpc) is 3.13. The molecule has 1 aromatic carbocycles. The highest BCUT2D eigenvalue weighted by Gasteiger charge is 2.22. The lowest BCUT2D eigenvalue weighted by molar-refractivity contribution is -0.125. The van der Waals surface area contributed by atoms with Gasteiger partial charge in [0.2, 0.25) is 11.8 Å². The van der Waals surface area contributed by atoms with E-state index in [1.54, 1.807) is 0 Å². The number of para-hydroxylation sites is 2. The Bertz CT molecular complexity index is 607. The molecule has 1 fully saturated rings. The van der Waals surface area contributed by atoms with Crippen molar-refractivity contribution in [3.05, 3.63) is 24.3 Å². The molecule has 0 heterocycles. The van der Waals surface area contributed by atoms with Crippen LogP contribution in [0.25, 0.3) is 0 Å². The quantitative estimate of drug-likeness (QED) is 0.634. The van der Waals surface area contributed by atoms with Gasteiger partial charge >= 0.3 is 0 Å².